The van der Waals surface area contributed by atoms with Gasteiger partial charge in [0.05, 0.1) is 23.8 Å². The SMILES string of the molecule is Cc1cc(C=NNN2CCCC2)nc(C=NNN2CCCC2)c1.[Cl-].[Cl-].[Cl-].[Nd+3]. The Balaban J connectivity index is 0. The number of hydrogen-bond donors (Lipinski definition) is 2. The van der Waals surface area contributed by atoms with Gasteiger partial charge in [0, 0.05) is 26.2 Å². The van der Waals surface area contributed by atoms with Crippen LogP contribution < -0.4 is 48.3 Å². The summed E-state index contributed by atoms with van der Waals surface area (Å²) in [6.07, 6.45) is 8.45. The zero-order valence-electron chi connectivity index (χ0n) is 15.3. The number of halogens is 3. The van der Waals surface area contributed by atoms with E-state index in [1.165, 1.54) is 25.7 Å². The van der Waals surface area contributed by atoms with Crippen LogP contribution in [0.15, 0.2) is 22.3 Å². The zero-order valence-corrected chi connectivity index (χ0v) is 20.8. The minimum Gasteiger partial charge on any atom is -1.00 e. The Labute approximate surface area is 212 Å². The molecule has 27 heavy (non-hydrogen) atoms. The normalized spacial score (nSPS) is 17.1. The number of hydrazine groups is 2. The van der Waals surface area contributed by atoms with Crippen molar-refractivity contribution in [3.63, 3.8) is 0 Å². The van der Waals surface area contributed by atoms with E-state index in [2.05, 4.69) is 43.2 Å². The predicted octanol–water partition coefficient (Wildman–Crippen LogP) is -7.73. The summed E-state index contributed by atoms with van der Waals surface area (Å²) in [5, 5.41) is 12.8. The molecule has 1 aromatic heterocycles. The molecule has 0 unspecified atom stereocenters. The third-order valence-corrected chi connectivity index (χ3v) is 4.01. The topological polar surface area (TPSA) is 68.1 Å². The molecule has 2 aliphatic heterocycles. The molecule has 0 aromatic carbocycles. The Morgan fingerprint density at radius 3 is 1.56 bits per heavy atom. The summed E-state index contributed by atoms with van der Waals surface area (Å²) in [6.45, 7) is 6.27. The molecular formula is C16H25Cl3N7Nd. The quantitative estimate of drug-likeness (QED) is 0.265. The van der Waals surface area contributed by atoms with Gasteiger partial charge in [-0.25, -0.2) is 26.1 Å². The maximum absolute atomic E-state index is 4.55. The summed E-state index contributed by atoms with van der Waals surface area (Å²) in [6, 6.07) is 4.03. The van der Waals surface area contributed by atoms with E-state index in [0.29, 0.717) is 0 Å². The minimum absolute atomic E-state index is 0. The van der Waals surface area contributed by atoms with Gasteiger partial charge in [-0.15, -0.1) is 0 Å². The third kappa shape index (κ3) is 10.5. The maximum Gasteiger partial charge on any atom is 3.00 e. The molecule has 3 rings (SSSR count). The van der Waals surface area contributed by atoms with E-state index in [4.69, 9.17) is 0 Å². The van der Waals surface area contributed by atoms with Crippen molar-refractivity contribution >= 4 is 12.4 Å². The van der Waals surface area contributed by atoms with Crippen LogP contribution in [0, 0.1) is 47.8 Å². The van der Waals surface area contributed by atoms with Crippen LogP contribution in [0.3, 0.4) is 0 Å². The monoisotopic (exact) mass is 562 g/mol. The fourth-order valence-electron chi connectivity index (χ4n) is 2.84. The second-order valence-electron chi connectivity index (χ2n) is 6.10. The van der Waals surface area contributed by atoms with Gasteiger partial charge in [-0.05, 0) is 50.3 Å². The molecule has 0 spiro atoms. The van der Waals surface area contributed by atoms with Crippen molar-refractivity contribution in [3.05, 3.63) is 29.1 Å². The summed E-state index contributed by atoms with van der Waals surface area (Å²) in [4.78, 5) is 4.55. The summed E-state index contributed by atoms with van der Waals surface area (Å²) < 4.78 is 0. The average Bonchev–Trinajstić information content (AvgIpc) is 3.20. The molecule has 0 saturated carbocycles. The number of nitrogens with one attached hydrogen (secondary N) is 2. The fraction of sp³-hybridized carbons (Fsp3) is 0.562. The molecule has 11 heteroatoms. The van der Waals surface area contributed by atoms with Gasteiger partial charge in [-0.3, -0.25) is 0 Å². The first-order valence-electron chi connectivity index (χ1n) is 8.36. The molecule has 2 aliphatic rings. The molecule has 0 atom stereocenters. The molecule has 0 bridgehead atoms. The molecule has 3 heterocycles. The van der Waals surface area contributed by atoms with Gasteiger partial charge < -0.3 is 37.2 Å². The van der Waals surface area contributed by atoms with Crippen LogP contribution in [0.1, 0.15) is 42.6 Å². The Morgan fingerprint density at radius 2 is 1.19 bits per heavy atom. The molecule has 2 fully saturated rings. The molecule has 149 valence electrons. The number of aromatic nitrogens is 1. The third-order valence-electron chi connectivity index (χ3n) is 4.01. The zero-order chi connectivity index (χ0) is 15.9. The van der Waals surface area contributed by atoms with Gasteiger partial charge in [0.15, 0.2) is 0 Å². The van der Waals surface area contributed by atoms with Crippen LogP contribution in [0.25, 0.3) is 0 Å². The van der Waals surface area contributed by atoms with Crippen LogP contribution in [0.5, 0.6) is 0 Å². The molecule has 7 nitrogen and oxygen atoms in total. The minimum atomic E-state index is 0. The van der Waals surface area contributed by atoms with E-state index >= 15 is 0 Å². The predicted molar refractivity (Wildman–Crippen MR) is 92.0 cm³/mol. The van der Waals surface area contributed by atoms with Crippen molar-refractivity contribution in [2.24, 2.45) is 10.2 Å². The molecule has 2 N–H and O–H groups in total. The maximum atomic E-state index is 4.55. The Morgan fingerprint density at radius 1 is 0.815 bits per heavy atom. The fourth-order valence-corrected chi connectivity index (χ4v) is 2.84. The summed E-state index contributed by atoms with van der Waals surface area (Å²) in [5.41, 5.74) is 8.93. The standard InChI is InChI=1S/C16H25N7.3ClH.Nd/c1-14-10-15(12-17-20-22-6-2-3-7-22)19-16(11-14)13-18-21-23-8-4-5-9-23;;;;/h10-13,20-21H,2-9H2,1H3;3*1H;/q;;;;+3/p-3. The summed E-state index contributed by atoms with van der Waals surface area (Å²) >= 11 is 0. The van der Waals surface area contributed by atoms with E-state index in [1.54, 1.807) is 12.4 Å². The van der Waals surface area contributed by atoms with E-state index in [1.807, 2.05) is 12.1 Å². The Hall–Kier alpha value is 0.231. The van der Waals surface area contributed by atoms with Gasteiger partial charge in [-0.2, -0.15) is 10.2 Å². The number of pyridine rings is 1. The summed E-state index contributed by atoms with van der Waals surface area (Å²) in [5.74, 6) is 0. The average molecular weight is 566 g/mol. The van der Waals surface area contributed by atoms with Crippen LogP contribution in [-0.4, -0.2) is 53.6 Å². The van der Waals surface area contributed by atoms with Crippen LogP contribution in [-0.2, 0) is 0 Å². The van der Waals surface area contributed by atoms with Gasteiger partial charge >= 0.3 is 40.8 Å². The number of hydrazone groups is 2. The Kier molecular flexibility index (Phi) is 17.5. The molecule has 2 saturated heterocycles. The van der Waals surface area contributed by atoms with Gasteiger partial charge in [-0.1, -0.05) is 0 Å². The van der Waals surface area contributed by atoms with Crippen molar-refractivity contribution < 1.29 is 78.1 Å². The van der Waals surface area contributed by atoms with Crippen molar-refractivity contribution in [1.82, 2.24) is 26.1 Å². The number of rotatable bonds is 6. The van der Waals surface area contributed by atoms with Gasteiger partial charge in [0.2, 0.25) is 0 Å². The van der Waals surface area contributed by atoms with Crippen LogP contribution >= 0.6 is 0 Å². The smallest absolute Gasteiger partial charge is 1.00 e. The molecular weight excluding hydrogens is 541 g/mol. The second-order valence-corrected chi connectivity index (χ2v) is 6.10. The van der Waals surface area contributed by atoms with E-state index in [0.717, 1.165) is 43.1 Å². The number of aryl methyl sites for hydroxylation is 1. The van der Waals surface area contributed by atoms with Gasteiger partial charge in [0.25, 0.3) is 0 Å². The second kappa shape index (κ2) is 16.1. The van der Waals surface area contributed by atoms with E-state index in [-0.39, 0.29) is 78.1 Å². The molecule has 1 radical (unpaired) electrons. The number of nitrogens with zero attached hydrogens (tertiary/aromatic N) is 5. The first kappa shape index (κ1) is 29.4. The van der Waals surface area contributed by atoms with Crippen molar-refractivity contribution in [1.29, 1.82) is 0 Å². The van der Waals surface area contributed by atoms with E-state index in [9.17, 15) is 0 Å². The largest absolute Gasteiger partial charge is 3.00 e. The number of hydrogen-bond acceptors (Lipinski definition) is 7. The first-order valence-corrected chi connectivity index (χ1v) is 8.36. The van der Waals surface area contributed by atoms with Gasteiger partial charge in [0.1, 0.15) is 0 Å². The first-order chi connectivity index (χ1) is 11.3. The van der Waals surface area contributed by atoms with Crippen molar-refractivity contribution in [2.45, 2.75) is 32.6 Å². The molecule has 1 aromatic rings. The van der Waals surface area contributed by atoms with Crippen LogP contribution in [0.2, 0.25) is 0 Å². The molecule has 0 aliphatic carbocycles. The Bertz CT molecular complexity index is 531. The van der Waals surface area contributed by atoms with E-state index < -0.39 is 0 Å². The van der Waals surface area contributed by atoms with Crippen molar-refractivity contribution in [3.8, 4) is 0 Å². The van der Waals surface area contributed by atoms with Crippen LogP contribution in [0.4, 0.5) is 0 Å². The van der Waals surface area contributed by atoms with Crippen molar-refractivity contribution in [2.75, 3.05) is 26.2 Å². The molecule has 0 amide bonds. The summed E-state index contributed by atoms with van der Waals surface area (Å²) in [7, 11) is 0.